The highest BCUT2D eigenvalue weighted by atomic mass is 16.7. The predicted octanol–water partition coefficient (Wildman–Crippen LogP) is 1.32. The summed E-state index contributed by atoms with van der Waals surface area (Å²) in [5, 5.41) is 48.5. The van der Waals surface area contributed by atoms with Crippen molar-refractivity contribution in [3.8, 4) is 5.75 Å². The molecular formula is C23H27N3O7. The van der Waals surface area contributed by atoms with Crippen LogP contribution in [0.1, 0.15) is 15.9 Å². The van der Waals surface area contributed by atoms with Gasteiger partial charge in [-0.15, -0.1) is 5.11 Å². The van der Waals surface area contributed by atoms with Crippen LogP contribution in [0, 0.1) is 0 Å². The molecule has 10 nitrogen and oxygen atoms in total. The van der Waals surface area contributed by atoms with Crippen molar-refractivity contribution >= 4 is 17.5 Å². The molecule has 1 unspecified atom stereocenters. The Balaban J connectivity index is 1.59. The van der Waals surface area contributed by atoms with Gasteiger partial charge in [-0.1, -0.05) is 23.4 Å². The van der Waals surface area contributed by atoms with Crippen LogP contribution in [0.5, 0.6) is 5.75 Å². The van der Waals surface area contributed by atoms with Crippen LogP contribution in [0.4, 0.5) is 5.69 Å². The number of hydrogen-bond acceptors (Lipinski definition) is 9. The van der Waals surface area contributed by atoms with Gasteiger partial charge in [-0.2, -0.15) is 0 Å². The smallest absolute Gasteiger partial charge is 0.229 e. The van der Waals surface area contributed by atoms with Gasteiger partial charge in [-0.3, -0.25) is 9.80 Å². The summed E-state index contributed by atoms with van der Waals surface area (Å²) in [5.74, 6) is 0.165. The van der Waals surface area contributed by atoms with Gasteiger partial charge in [0.05, 0.1) is 12.3 Å². The summed E-state index contributed by atoms with van der Waals surface area (Å²) < 4.78 is 10.9. The lowest BCUT2D eigenvalue weighted by Gasteiger charge is -2.39. The maximum Gasteiger partial charge on any atom is 0.229 e. The van der Waals surface area contributed by atoms with E-state index in [0.29, 0.717) is 17.0 Å². The highest BCUT2D eigenvalue weighted by Crippen LogP contribution is 2.24. The lowest BCUT2D eigenvalue weighted by molar-refractivity contribution is -0.277. The average molecular weight is 457 g/mol. The number of ketones is 1. The first-order valence-corrected chi connectivity index (χ1v) is 10.3. The molecule has 1 fully saturated rings. The Morgan fingerprint density at radius 2 is 1.70 bits per heavy atom. The molecule has 0 aliphatic carbocycles. The molecule has 3 rings (SSSR count). The van der Waals surface area contributed by atoms with Crippen LogP contribution < -0.4 is 4.74 Å². The molecule has 0 spiro atoms. The molecule has 2 aromatic carbocycles. The van der Waals surface area contributed by atoms with Crippen molar-refractivity contribution in [1.29, 1.82) is 0 Å². The van der Waals surface area contributed by atoms with E-state index in [-0.39, 0.29) is 5.78 Å². The minimum absolute atomic E-state index is 0.173. The number of benzene rings is 2. The van der Waals surface area contributed by atoms with Gasteiger partial charge in [0.25, 0.3) is 0 Å². The SMILES string of the molecule is CN(C)N=Nc1ccc(C(=O)/C=C/c2ccc(OC3O[C@@H](CO)[C@H](O)[C@@H](O)[C@@H]3O)cc2)cc1. The summed E-state index contributed by atoms with van der Waals surface area (Å²) in [6, 6.07) is 13.4. The van der Waals surface area contributed by atoms with Crippen molar-refractivity contribution in [3.05, 3.63) is 65.7 Å². The molecule has 1 aliphatic heterocycles. The number of aliphatic hydroxyl groups excluding tert-OH is 4. The predicted molar refractivity (Wildman–Crippen MR) is 119 cm³/mol. The van der Waals surface area contributed by atoms with E-state index in [0.717, 1.165) is 5.56 Å². The zero-order valence-corrected chi connectivity index (χ0v) is 18.2. The molecule has 2 aromatic rings. The van der Waals surface area contributed by atoms with Crippen LogP contribution >= 0.6 is 0 Å². The van der Waals surface area contributed by atoms with Crippen molar-refractivity contribution in [1.82, 2.24) is 5.01 Å². The minimum Gasteiger partial charge on any atom is -0.462 e. The van der Waals surface area contributed by atoms with Gasteiger partial charge < -0.3 is 29.9 Å². The number of allylic oxidation sites excluding steroid dienone is 1. The molecule has 176 valence electrons. The fraction of sp³-hybridized carbons (Fsp3) is 0.348. The van der Waals surface area contributed by atoms with Crippen LogP contribution in [0.2, 0.25) is 0 Å². The second-order valence-corrected chi connectivity index (χ2v) is 7.67. The van der Waals surface area contributed by atoms with E-state index in [9.17, 15) is 25.2 Å². The summed E-state index contributed by atoms with van der Waals surface area (Å²) in [7, 11) is 3.53. The van der Waals surface area contributed by atoms with Gasteiger partial charge in [0.2, 0.25) is 6.29 Å². The fourth-order valence-electron chi connectivity index (χ4n) is 3.06. The van der Waals surface area contributed by atoms with Gasteiger partial charge in [-0.05, 0) is 48.0 Å². The molecule has 0 saturated carbocycles. The largest absolute Gasteiger partial charge is 0.462 e. The minimum atomic E-state index is -1.51. The van der Waals surface area contributed by atoms with Crippen LogP contribution in [0.3, 0.4) is 0 Å². The topological polar surface area (TPSA) is 144 Å². The van der Waals surface area contributed by atoms with Gasteiger partial charge in [0.15, 0.2) is 5.78 Å². The zero-order chi connectivity index (χ0) is 24.0. The summed E-state index contributed by atoms with van der Waals surface area (Å²) >= 11 is 0. The zero-order valence-electron chi connectivity index (χ0n) is 18.2. The summed E-state index contributed by atoms with van der Waals surface area (Å²) in [4.78, 5) is 12.4. The second-order valence-electron chi connectivity index (χ2n) is 7.67. The Labute approximate surface area is 191 Å². The third-order valence-corrected chi connectivity index (χ3v) is 4.90. The number of aliphatic hydroxyl groups is 4. The quantitative estimate of drug-likeness (QED) is 0.201. The van der Waals surface area contributed by atoms with E-state index in [2.05, 4.69) is 10.3 Å². The summed E-state index contributed by atoms with van der Waals surface area (Å²) in [5.41, 5.74) is 1.89. The van der Waals surface area contributed by atoms with E-state index < -0.39 is 37.3 Å². The van der Waals surface area contributed by atoms with Crippen molar-refractivity contribution < 1.29 is 34.7 Å². The van der Waals surface area contributed by atoms with Crippen LogP contribution in [0.15, 0.2) is 64.9 Å². The highest BCUT2D eigenvalue weighted by Gasteiger charge is 2.44. The van der Waals surface area contributed by atoms with Crippen LogP contribution in [-0.4, -0.2) is 82.6 Å². The number of carbonyl (C=O) groups excluding carboxylic acids is 1. The Morgan fingerprint density at radius 1 is 1.03 bits per heavy atom. The summed E-state index contributed by atoms with van der Waals surface area (Å²) in [6.07, 6.45) is -3.66. The summed E-state index contributed by atoms with van der Waals surface area (Å²) in [6.45, 7) is -0.536. The average Bonchev–Trinajstić information content (AvgIpc) is 2.82. The Hall–Kier alpha value is -3.15. The monoisotopic (exact) mass is 457 g/mol. The number of carbonyl (C=O) groups is 1. The molecule has 0 aromatic heterocycles. The highest BCUT2D eigenvalue weighted by molar-refractivity contribution is 6.06. The van der Waals surface area contributed by atoms with E-state index >= 15 is 0 Å². The number of hydrogen-bond donors (Lipinski definition) is 4. The van der Waals surface area contributed by atoms with Gasteiger partial charge in [0.1, 0.15) is 30.2 Å². The number of ether oxygens (including phenoxy) is 2. The van der Waals surface area contributed by atoms with Gasteiger partial charge in [0, 0.05) is 19.7 Å². The standard InChI is InChI=1S/C23H27N3O7/c1-26(2)25-24-16-8-6-15(7-9-16)18(28)12-5-14-3-10-17(11-4-14)32-23-22(31)21(30)20(29)19(13-27)33-23/h3-12,19-23,27,29-31H,13H2,1-2H3/b12-5+,25-24?/t19-,20-,21+,22-,23?/m0/s1. The number of rotatable bonds is 8. The molecule has 0 bridgehead atoms. The maximum atomic E-state index is 12.4. The molecule has 5 atom stereocenters. The second kappa shape index (κ2) is 11.1. The molecule has 1 aliphatic rings. The van der Waals surface area contributed by atoms with E-state index in [4.69, 9.17) is 9.47 Å². The first-order valence-electron chi connectivity index (χ1n) is 10.3. The van der Waals surface area contributed by atoms with Crippen molar-refractivity contribution in [2.45, 2.75) is 30.7 Å². The molecule has 33 heavy (non-hydrogen) atoms. The Bertz CT molecular complexity index is 975. The van der Waals surface area contributed by atoms with Gasteiger partial charge in [-0.25, -0.2) is 0 Å². The van der Waals surface area contributed by atoms with Crippen LogP contribution in [0.25, 0.3) is 6.08 Å². The normalized spacial score (nSPS) is 25.5. The molecule has 10 heteroatoms. The van der Waals surface area contributed by atoms with Crippen LogP contribution in [-0.2, 0) is 4.74 Å². The van der Waals surface area contributed by atoms with E-state index in [1.165, 1.54) is 6.08 Å². The number of nitrogens with zero attached hydrogens (tertiary/aromatic N) is 3. The molecular weight excluding hydrogens is 430 g/mol. The Morgan fingerprint density at radius 3 is 2.30 bits per heavy atom. The van der Waals surface area contributed by atoms with Gasteiger partial charge >= 0.3 is 0 Å². The molecule has 4 N–H and O–H groups in total. The van der Waals surface area contributed by atoms with Crippen molar-refractivity contribution in [3.63, 3.8) is 0 Å². The third kappa shape index (κ3) is 6.44. The fourth-order valence-corrected chi connectivity index (χ4v) is 3.06. The lowest BCUT2D eigenvalue weighted by Crippen LogP contribution is -2.60. The van der Waals surface area contributed by atoms with Crippen molar-refractivity contribution in [2.24, 2.45) is 10.3 Å². The third-order valence-electron chi connectivity index (χ3n) is 4.90. The molecule has 0 radical (unpaired) electrons. The lowest BCUT2D eigenvalue weighted by atomic mass is 9.99. The molecule has 0 amide bonds. The van der Waals surface area contributed by atoms with E-state index in [1.807, 2.05) is 0 Å². The molecule has 1 saturated heterocycles. The Kier molecular flexibility index (Phi) is 8.26. The van der Waals surface area contributed by atoms with E-state index in [1.54, 1.807) is 73.7 Å². The van der Waals surface area contributed by atoms with Crippen molar-refractivity contribution in [2.75, 3.05) is 20.7 Å². The first-order chi connectivity index (χ1) is 15.8. The maximum absolute atomic E-state index is 12.4. The first kappa shape index (κ1) is 24.5. The molecule has 1 heterocycles.